The van der Waals surface area contributed by atoms with Crippen LogP contribution in [0.15, 0.2) is 47.8 Å². The van der Waals surface area contributed by atoms with Gasteiger partial charge in [0.1, 0.15) is 18.0 Å². The van der Waals surface area contributed by atoms with Crippen LogP contribution in [0.4, 0.5) is 0 Å². The Labute approximate surface area is 180 Å². The molecule has 3 N–H and O–H groups in total. The van der Waals surface area contributed by atoms with Gasteiger partial charge in [-0.1, -0.05) is 25.1 Å². The molecule has 5 atom stereocenters. The van der Waals surface area contributed by atoms with Crippen molar-refractivity contribution in [3.63, 3.8) is 0 Å². The van der Waals surface area contributed by atoms with E-state index in [1.165, 1.54) is 21.2 Å². The Morgan fingerprint density at radius 3 is 2.50 bits per heavy atom. The van der Waals surface area contributed by atoms with Crippen LogP contribution in [0.1, 0.15) is 29.7 Å². The average Bonchev–Trinajstić information content (AvgIpc) is 3.19. The molecule has 0 radical (unpaired) electrons. The summed E-state index contributed by atoms with van der Waals surface area (Å²) >= 11 is 1.73. The van der Waals surface area contributed by atoms with Gasteiger partial charge >= 0.3 is 0 Å². The molecule has 1 aliphatic rings. The summed E-state index contributed by atoms with van der Waals surface area (Å²) in [5.74, 6) is 0.584. The lowest BCUT2D eigenvalue weighted by Gasteiger charge is -2.41. The van der Waals surface area contributed by atoms with Crippen molar-refractivity contribution in [1.82, 2.24) is 0 Å². The van der Waals surface area contributed by atoms with Crippen LogP contribution in [-0.4, -0.2) is 47.3 Å². The van der Waals surface area contributed by atoms with Crippen molar-refractivity contribution in [3.8, 4) is 5.75 Å². The topological polar surface area (TPSA) is 79.2 Å². The largest absolute Gasteiger partial charge is 0.497 e. The lowest BCUT2D eigenvalue weighted by Crippen LogP contribution is -2.51. The van der Waals surface area contributed by atoms with E-state index in [9.17, 15) is 15.3 Å². The maximum atomic E-state index is 10.4. The normalized spacial score (nSPS) is 26.8. The van der Waals surface area contributed by atoms with Crippen molar-refractivity contribution in [3.05, 3.63) is 64.5 Å². The van der Waals surface area contributed by atoms with Gasteiger partial charge in [0.25, 0.3) is 0 Å². The number of aliphatic hydroxyl groups is 3. The van der Waals surface area contributed by atoms with Crippen LogP contribution in [0.5, 0.6) is 5.75 Å². The fraction of sp³-hybridized carbons (Fsp3) is 0.417. The minimum absolute atomic E-state index is 0.276. The highest BCUT2D eigenvalue weighted by molar-refractivity contribution is 7.17. The molecule has 1 aromatic heterocycles. The SMILES string of the molecule is COc1ccc(CCc2csc3ccc([C@@H]4O[C@H](CO)[C@@H](O)[C@H](O)[C@H]4C)cc23)cc1. The highest BCUT2D eigenvalue weighted by atomic mass is 32.1. The van der Waals surface area contributed by atoms with Crippen LogP contribution in [0, 0.1) is 5.92 Å². The lowest BCUT2D eigenvalue weighted by molar-refractivity contribution is -0.207. The molecule has 5 nitrogen and oxygen atoms in total. The van der Waals surface area contributed by atoms with Gasteiger partial charge in [-0.15, -0.1) is 11.3 Å². The van der Waals surface area contributed by atoms with E-state index in [2.05, 4.69) is 29.6 Å². The molecule has 0 unspecified atom stereocenters. The van der Waals surface area contributed by atoms with Crippen LogP contribution < -0.4 is 4.74 Å². The number of aryl methyl sites for hydroxylation is 2. The number of benzene rings is 2. The van der Waals surface area contributed by atoms with Gasteiger partial charge in [-0.25, -0.2) is 0 Å². The Morgan fingerprint density at radius 2 is 1.80 bits per heavy atom. The molecule has 30 heavy (non-hydrogen) atoms. The van der Waals surface area contributed by atoms with E-state index in [4.69, 9.17) is 9.47 Å². The molecular formula is C24H28O5S. The minimum Gasteiger partial charge on any atom is -0.497 e. The molecule has 1 aliphatic heterocycles. The smallest absolute Gasteiger partial charge is 0.118 e. The first-order valence-electron chi connectivity index (χ1n) is 10.3. The monoisotopic (exact) mass is 428 g/mol. The second-order valence-electron chi connectivity index (χ2n) is 7.98. The van der Waals surface area contributed by atoms with Crippen LogP contribution in [0.25, 0.3) is 10.1 Å². The van der Waals surface area contributed by atoms with Crippen molar-refractivity contribution < 1.29 is 24.8 Å². The van der Waals surface area contributed by atoms with E-state index in [1.807, 2.05) is 25.1 Å². The highest BCUT2D eigenvalue weighted by Crippen LogP contribution is 2.39. The Hall–Kier alpha value is -1.96. The van der Waals surface area contributed by atoms with Crippen molar-refractivity contribution in [2.24, 2.45) is 5.92 Å². The quantitative estimate of drug-likeness (QED) is 0.560. The molecule has 0 bridgehead atoms. The van der Waals surface area contributed by atoms with E-state index in [0.717, 1.165) is 24.2 Å². The third-order valence-electron chi connectivity index (χ3n) is 6.10. The van der Waals surface area contributed by atoms with Crippen molar-refractivity contribution in [2.75, 3.05) is 13.7 Å². The molecule has 1 fully saturated rings. The number of rotatable bonds is 6. The Bertz CT molecular complexity index is 981. The third-order valence-corrected chi connectivity index (χ3v) is 7.11. The van der Waals surface area contributed by atoms with Crippen LogP contribution in [0.2, 0.25) is 0 Å². The molecule has 0 saturated carbocycles. The second-order valence-corrected chi connectivity index (χ2v) is 8.89. The summed E-state index contributed by atoms with van der Waals surface area (Å²) in [5.41, 5.74) is 3.51. The lowest BCUT2D eigenvalue weighted by atomic mass is 9.84. The minimum atomic E-state index is -1.08. The second kappa shape index (κ2) is 9.04. The van der Waals surface area contributed by atoms with Gasteiger partial charge in [-0.2, -0.15) is 0 Å². The summed E-state index contributed by atoms with van der Waals surface area (Å²) in [4.78, 5) is 0. The standard InChI is InChI=1S/C24H28O5S/c1-14-22(26)23(27)20(12-25)29-24(14)16-7-10-21-19(11-16)17(13-30-21)6-3-15-4-8-18(28-2)9-5-15/h4-5,7-11,13-14,20,22-27H,3,6,12H2,1-2H3/t14-,20-,22-,23-,24-/m1/s1. The number of hydrogen-bond donors (Lipinski definition) is 3. The fourth-order valence-electron chi connectivity index (χ4n) is 4.18. The van der Waals surface area contributed by atoms with Crippen molar-refractivity contribution >= 4 is 21.4 Å². The molecule has 2 aromatic carbocycles. The maximum absolute atomic E-state index is 10.4. The predicted molar refractivity (Wildman–Crippen MR) is 118 cm³/mol. The summed E-state index contributed by atoms with van der Waals surface area (Å²) in [6.07, 6.45) is -1.31. The molecule has 4 rings (SSSR count). The predicted octanol–water partition coefficient (Wildman–Crippen LogP) is 3.49. The zero-order valence-electron chi connectivity index (χ0n) is 17.2. The molecule has 0 amide bonds. The Kier molecular flexibility index (Phi) is 6.41. The van der Waals surface area contributed by atoms with Gasteiger partial charge < -0.3 is 24.8 Å². The van der Waals surface area contributed by atoms with Gasteiger partial charge in [-0.3, -0.25) is 0 Å². The number of methoxy groups -OCH3 is 1. The Morgan fingerprint density at radius 1 is 1.03 bits per heavy atom. The molecular weight excluding hydrogens is 400 g/mol. The van der Waals surface area contributed by atoms with E-state index < -0.39 is 18.3 Å². The molecule has 3 aromatic rings. The first-order chi connectivity index (χ1) is 14.5. The third kappa shape index (κ3) is 4.11. The molecule has 1 saturated heterocycles. The summed E-state index contributed by atoms with van der Waals surface area (Å²) in [7, 11) is 1.67. The van der Waals surface area contributed by atoms with Gasteiger partial charge in [0.15, 0.2) is 0 Å². The van der Waals surface area contributed by atoms with E-state index in [-0.39, 0.29) is 18.6 Å². The molecule has 6 heteroatoms. The van der Waals surface area contributed by atoms with Crippen molar-refractivity contribution in [2.45, 2.75) is 44.2 Å². The van der Waals surface area contributed by atoms with Gasteiger partial charge in [0.05, 0.1) is 25.9 Å². The van der Waals surface area contributed by atoms with Crippen molar-refractivity contribution in [1.29, 1.82) is 0 Å². The molecule has 0 spiro atoms. The van der Waals surface area contributed by atoms with Crippen LogP contribution in [0.3, 0.4) is 0 Å². The zero-order chi connectivity index (χ0) is 21.3. The maximum Gasteiger partial charge on any atom is 0.118 e. The first kappa shape index (κ1) is 21.3. The summed E-state index contributed by atoms with van der Waals surface area (Å²) in [5, 5.41) is 33.5. The number of aliphatic hydroxyl groups excluding tert-OH is 3. The number of ether oxygens (including phenoxy) is 2. The highest BCUT2D eigenvalue weighted by Gasteiger charge is 2.42. The van der Waals surface area contributed by atoms with Crippen LogP contribution >= 0.6 is 11.3 Å². The molecule has 0 aliphatic carbocycles. The van der Waals surface area contributed by atoms with E-state index >= 15 is 0 Å². The number of fused-ring (bicyclic) bond motifs is 1. The summed E-state index contributed by atoms with van der Waals surface area (Å²) < 4.78 is 12.4. The average molecular weight is 429 g/mol. The fourth-order valence-corrected chi connectivity index (χ4v) is 5.15. The van der Waals surface area contributed by atoms with E-state index in [0.29, 0.717) is 0 Å². The zero-order valence-corrected chi connectivity index (χ0v) is 18.0. The Balaban J connectivity index is 1.56. The van der Waals surface area contributed by atoms with E-state index in [1.54, 1.807) is 18.4 Å². The van der Waals surface area contributed by atoms with Gasteiger partial charge in [0.2, 0.25) is 0 Å². The van der Waals surface area contributed by atoms with Gasteiger partial charge in [0, 0.05) is 10.6 Å². The molecule has 160 valence electrons. The number of thiophene rings is 1. The summed E-state index contributed by atoms with van der Waals surface area (Å²) in [6.45, 7) is 1.55. The summed E-state index contributed by atoms with van der Waals surface area (Å²) in [6, 6.07) is 14.4. The number of hydrogen-bond acceptors (Lipinski definition) is 6. The molecule has 2 heterocycles. The van der Waals surface area contributed by atoms with Crippen LogP contribution in [-0.2, 0) is 17.6 Å². The van der Waals surface area contributed by atoms with Gasteiger partial charge in [-0.05, 0) is 64.6 Å². The first-order valence-corrected chi connectivity index (χ1v) is 11.1.